The van der Waals surface area contributed by atoms with Crippen LogP contribution in [0.5, 0.6) is 5.75 Å². The Morgan fingerprint density at radius 2 is 1.75 bits per heavy atom. The standard InChI is InChI=1S/C12H15NO5S2/c1-19(14,15)12(20(2,16)17)7-9-5-10-8(3-4-13-10)6-11(9)18-12/h5-6,13H,3-4,7H2,1-2H3. The lowest BCUT2D eigenvalue weighted by Gasteiger charge is -2.24. The van der Waals surface area contributed by atoms with E-state index in [1.54, 1.807) is 12.1 Å². The molecule has 1 aromatic carbocycles. The molecule has 1 N–H and O–H groups in total. The highest BCUT2D eigenvalue weighted by atomic mass is 32.3. The number of sulfone groups is 2. The average Bonchev–Trinajstić information content (AvgIpc) is 2.85. The summed E-state index contributed by atoms with van der Waals surface area (Å²) >= 11 is 0. The van der Waals surface area contributed by atoms with Crippen molar-refractivity contribution in [2.45, 2.75) is 17.1 Å². The molecule has 20 heavy (non-hydrogen) atoms. The zero-order chi connectivity index (χ0) is 14.8. The SMILES string of the molecule is CS(=O)(=O)C1(S(C)(=O)=O)Cc2cc3c(cc2O1)CCN3. The first-order valence-corrected chi connectivity index (χ1v) is 9.90. The van der Waals surface area contributed by atoms with Crippen molar-refractivity contribution in [3.63, 3.8) is 0 Å². The minimum absolute atomic E-state index is 0.172. The second-order valence-corrected chi connectivity index (χ2v) is 9.97. The lowest BCUT2D eigenvalue weighted by atomic mass is 10.1. The number of ether oxygens (including phenoxy) is 1. The Balaban J connectivity index is 2.17. The molecule has 0 unspecified atom stereocenters. The molecule has 0 aromatic heterocycles. The second kappa shape index (κ2) is 3.88. The van der Waals surface area contributed by atoms with Crippen LogP contribution in [-0.4, -0.2) is 40.2 Å². The lowest BCUT2D eigenvalue weighted by Crippen LogP contribution is -2.49. The van der Waals surface area contributed by atoms with E-state index in [0.29, 0.717) is 11.3 Å². The van der Waals surface area contributed by atoms with Crippen molar-refractivity contribution in [1.82, 2.24) is 0 Å². The minimum Gasteiger partial charge on any atom is -0.457 e. The molecule has 0 saturated heterocycles. The van der Waals surface area contributed by atoms with Crippen molar-refractivity contribution in [3.8, 4) is 5.75 Å². The summed E-state index contributed by atoms with van der Waals surface area (Å²) in [6, 6.07) is 3.53. The molecule has 2 aliphatic heterocycles. The van der Waals surface area contributed by atoms with Crippen molar-refractivity contribution < 1.29 is 21.6 Å². The van der Waals surface area contributed by atoms with Crippen LogP contribution < -0.4 is 10.1 Å². The van der Waals surface area contributed by atoms with Crippen molar-refractivity contribution >= 4 is 25.4 Å². The van der Waals surface area contributed by atoms with E-state index < -0.39 is 23.9 Å². The Bertz CT molecular complexity index is 728. The van der Waals surface area contributed by atoms with Gasteiger partial charge in [-0.3, -0.25) is 0 Å². The monoisotopic (exact) mass is 317 g/mol. The lowest BCUT2D eigenvalue weighted by molar-refractivity contribution is 0.260. The van der Waals surface area contributed by atoms with Gasteiger partial charge < -0.3 is 10.1 Å². The Labute approximate surface area is 118 Å². The summed E-state index contributed by atoms with van der Waals surface area (Å²) in [4.78, 5) is 0. The van der Waals surface area contributed by atoms with Gasteiger partial charge >= 0.3 is 4.27 Å². The second-order valence-electron chi connectivity index (χ2n) is 5.30. The van der Waals surface area contributed by atoms with Crippen LogP contribution in [0.25, 0.3) is 0 Å². The first-order chi connectivity index (χ1) is 9.14. The van der Waals surface area contributed by atoms with Gasteiger partial charge in [0.05, 0.1) is 0 Å². The Hall–Kier alpha value is -1.28. The maximum absolute atomic E-state index is 12.0. The maximum Gasteiger partial charge on any atom is 0.311 e. The number of rotatable bonds is 2. The molecular formula is C12H15NO5S2. The fourth-order valence-electron chi connectivity index (χ4n) is 2.73. The number of fused-ring (bicyclic) bond motifs is 2. The van der Waals surface area contributed by atoms with E-state index in [1.165, 1.54) is 0 Å². The third-order valence-corrected chi connectivity index (χ3v) is 8.33. The third kappa shape index (κ3) is 1.74. The quantitative estimate of drug-likeness (QED) is 0.845. The summed E-state index contributed by atoms with van der Waals surface area (Å²) in [5.41, 5.74) is 2.54. The van der Waals surface area contributed by atoms with E-state index >= 15 is 0 Å². The van der Waals surface area contributed by atoms with Crippen molar-refractivity contribution in [2.75, 3.05) is 24.4 Å². The van der Waals surface area contributed by atoms with Gasteiger partial charge in [0, 0.05) is 36.7 Å². The molecule has 2 heterocycles. The summed E-state index contributed by atoms with van der Waals surface area (Å²) < 4.78 is 51.3. The molecule has 0 aliphatic carbocycles. The number of hydrogen-bond acceptors (Lipinski definition) is 6. The average molecular weight is 317 g/mol. The fourth-order valence-corrected chi connectivity index (χ4v) is 6.25. The van der Waals surface area contributed by atoms with E-state index in [9.17, 15) is 16.8 Å². The predicted octanol–water partition coefficient (Wildman–Crippen LogP) is 0.333. The molecule has 0 radical (unpaired) electrons. The highest BCUT2D eigenvalue weighted by Crippen LogP contribution is 2.44. The van der Waals surface area contributed by atoms with Crippen LogP contribution in [0, 0.1) is 0 Å². The number of hydrogen-bond donors (Lipinski definition) is 1. The van der Waals surface area contributed by atoms with Gasteiger partial charge in [0.2, 0.25) is 19.7 Å². The van der Waals surface area contributed by atoms with Crippen molar-refractivity contribution in [3.05, 3.63) is 23.3 Å². The molecule has 1 aromatic rings. The first-order valence-electron chi connectivity index (χ1n) is 6.12. The van der Waals surface area contributed by atoms with Crippen LogP contribution in [0.4, 0.5) is 5.69 Å². The van der Waals surface area contributed by atoms with E-state index in [2.05, 4.69) is 5.32 Å². The molecule has 0 spiro atoms. The van der Waals surface area contributed by atoms with Crippen LogP contribution >= 0.6 is 0 Å². The van der Waals surface area contributed by atoms with Gasteiger partial charge in [-0.1, -0.05) is 0 Å². The molecule has 8 heteroatoms. The van der Waals surface area contributed by atoms with Gasteiger partial charge in [-0.05, 0) is 24.1 Å². The molecule has 3 rings (SSSR count). The molecule has 0 bridgehead atoms. The van der Waals surface area contributed by atoms with E-state index in [4.69, 9.17) is 4.74 Å². The van der Waals surface area contributed by atoms with E-state index in [-0.39, 0.29) is 6.42 Å². The van der Waals surface area contributed by atoms with Crippen molar-refractivity contribution in [2.24, 2.45) is 0 Å². The number of benzene rings is 1. The third-order valence-electron chi connectivity index (χ3n) is 3.80. The van der Waals surface area contributed by atoms with Crippen LogP contribution in [0.3, 0.4) is 0 Å². The van der Waals surface area contributed by atoms with Crippen LogP contribution in [0.1, 0.15) is 11.1 Å². The maximum atomic E-state index is 12.0. The van der Waals surface area contributed by atoms with Gasteiger partial charge in [0.15, 0.2) is 0 Å². The summed E-state index contributed by atoms with van der Waals surface area (Å²) in [5, 5.41) is 3.18. The molecule has 110 valence electrons. The fraction of sp³-hybridized carbons (Fsp3) is 0.500. The highest BCUT2D eigenvalue weighted by molar-refractivity contribution is 8.09. The van der Waals surface area contributed by atoms with Gasteiger partial charge in [-0.15, -0.1) is 0 Å². The van der Waals surface area contributed by atoms with Gasteiger partial charge in [0.25, 0.3) is 0 Å². The molecule has 0 amide bonds. The first kappa shape index (κ1) is 13.7. The minimum atomic E-state index is -3.93. The normalized spacial score (nSPS) is 19.9. The smallest absolute Gasteiger partial charge is 0.311 e. The van der Waals surface area contributed by atoms with Crippen LogP contribution in [0.2, 0.25) is 0 Å². The highest BCUT2D eigenvalue weighted by Gasteiger charge is 2.57. The predicted molar refractivity (Wildman–Crippen MR) is 75.4 cm³/mol. The topological polar surface area (TPSA) is 89.5 Å². The summed E-state index contributed by atoms with van der Waals surface area (Å²) in [5.74, 6) is 0.350. The molecule has 6 nitrogen and oxygen atoms in total. The zero-order valence-corrected chi connectivity index (χ0v) is 12.8. The molecular weight excluding hydrogens is 302 g/mol. The summed E-state index contributed by atoms with van der Waals surface area (Å²) in [6.07, 6.45) is 2.43. The summed E-state index contributed by atoms with van der Waals surface area (Å²) in [7, 11) is -7.87. The Morgan fingerprint density at radius 1 is 1.10 bits per heavy atom. The van der Waals surface area contributed by atoms with E-state index in [0.717, 1.165) is 36.7 Å². The zero-order valence-electron chi connectivity index (χ0n) is 11.1. The van der Waals surface area contributed by atoms with Gasteiger partial charge in [0.1, 0.15) is 5.75 Å². The van der Waals surface area contributed by atoms with Gasteiger partial charge in [-0.25, -0.2) is 16.8 Å². The molecule has 0 saturated carbocycles. The largest absolute Gasteiger partial charge is 0.457 e. The van der Waals surface area contributed by atoms with Crippen LogP contribution in [0.15, 0.2) is 12.1 Å². The molecule has 2 aliphatic rings. The van der Waals surface area contributed by atoms with Crippen LogP contribution in [-0.2, 0) is 32.5 Å². The molecule has 0 fully saturated rings. The van der Waals surface area contributed by atoms with Crippen molar-refractivity contribution in [1.29, 1.82) is 0 Å². The Kier molecular flexibility index (Phi) is 2.66. The van der Waals surface area contributed by atoms with Gasteiger partial charge in [-0.2, -0.15) is 0 Å². The summed E-state index contributed by atoms with van der Waals surface area (Å²) in [6.45, 7) is 0.821. The number of anilines is 1. The Morgan fingerprint density at radius 3 is 2.35 bits per heavy atom. The molecule has 0 atom stereocenters. The number of nitrogens with one attached hydrogen (secondary N) is 1. The van der Waals surface area contributed by atoms with E-state index in [1.807, 2.05) is 0 Å².